The monoisotopic (exact) mass is 251 g/mol. The van der Waals surface area contributed by atoms with Crippen molar-refractivity contribution in [1.29, 1.82) is 0 Å². The normalized spacial score (nSPS) is 17.3. The Bertz CT molecular complexity index is 420. The maximum Gasteiger partial charge on any atom is 0.356 e. The zero-order valence-corrected chi connectivity index (χ0v) is 11.1. The highest BCUT2D eigenvalue weighted by Gasteiger charge is 2.18. The lowest BCUT2D eigenvalue weighted by Crippen LogP contribution is -2.30. The van der Waals surface area contributed by atoms with Crippen molar-refractivity contribution < 1.29 is 9.90 Å². The highest BCUT2D eigenvalue weighted by atomic mass is 16.4. The molecule has 1 aromatic heterocycles. The van der Waals surface area contributed by atoms with Gasteiger partial charge in [0.05, 0.1) is 6.54 Å². The van der Waals surface area contributed by atoms with Crippen LogP contribution in [0.2, 0.25) is 0 Å². The number of aromatic carboxylic acids is 1. The highest BCUT2D eigenvalue weighted by Crippen LogP contribution is 2.16. The molecular weight excluding hydrogens is 230 g/mol. The molecule has 0 atom stereocenters. The summed E-state index contributed by atoms with van der Waals surface area (Å²) in [5.41, 5.74) is 0.149. The number of carboxylic acids is 1. The van der Waals surface area contributed by atoms with Crippen molar-refractivity contribution in [3.63, 3.8) is 0 Å². The van der Waals surface area contributed by atoms with Crippen LogP contribution in [0.4, 0.5) is 0 Å². The van der Waals surface area contributed by atoms with Gasteiger partial charge in [0, 0.05) is 12.2 Å². The molecule has 0 unspecified atom stereocenters. The van der Waals surface area contributed by atoms with E-state index in [2.05, 4.69) is 9.88 Å². The van der Waals surface area contributed by atoms with Gasteiger partial charge in [-0.3, -0.25) is 4.90 Å². The first-order chi connectivity index (χ1) is 8.58. The van der Waals surface area contributed by atoms with Gasteiger partial charge in [-0.1, -0.05) is 6.42 Å². The van der Waals surface area contributed by atoms with Crippen molar-refractivity contribution in [2.24, 2.45) is 0 Å². The Balaban J connectivity index is 2.16. The van der Waals surface area contributed by atoms with Gasteiger partial charge in [0.25, 0.3) is 0 Å². The Labute approximate surface area is 107 Å². The number of aromatic nitrogens is 2. The number of carbonyl (C=O) groups is 1. The molecular formula is C13H21N3O2. The Morgan fingerprint density at radius 2 is 2.06 bits per heavy atom. The quantitative estimate of drug-likeness (QED) is 0.890. The summed E-state index contributed by atoms with van der Waals surface area (Å²) >= 11 is 0. The topological polar surface area (TPSA) is 58.4 Å². The molecule has 0 amide bonds. The van der Waals surface area contributed by atoms with E-state index >= 15 is 0 Å². The van der Waals surface area contributed by atoms with Crippen LogP contribution in [-0.2, 0) is 6.54 Å². The van der Waals surface area contributed by atoms with Gasteiger partial charge in [-0.25, -0.2) is 9.78 Å². The Morgan fingerprint density at radius 3 is 2.61 bits per heavy atom. The van der Waals surface area contributed by atoms with Crippen LogP contribution < -0.4 is 0 Å². The van der Waals surface area contributed by atoms with Crippen molar-refractivity contribution in [3.8, 4) is 0 Å². The van der Waals surface area contributed by atoms with Gasteiger partial charge in [0.2, 0.25) is 0 Å². The van der Waals surface area contributed by atoms with Gasteiger partial charge < -0.3 is 9.67 Å². The van der Waals surface area contributed by atoms with Gasteiger partial charge in [0.1, 0.15) is 5.82 Å². The van der Waals surface area contributed by atoms with E-state index in [9.17, 15) is 4.79 Å². The van der Waals surface area contributed by atoms with Gasteiger partial charge >= 0.3 is 5.97 Å². The SMILES string of the molecule is CC(C)n1cc(C(=O)O)nc1CN1CCCCC1. The highest BCUT2D eigenvalue weighted by molar-refractivity contribution is 5.85. The van der Waals surface area contributed by atoms with Gasteiger partial charge in [-0.15, -0.1) is 0 Å². The van der Waals surface area contributed by atoms with Crippen LogP contribution in [0.3, 0.4) is 0 Å². The molecule has 2 heterocycles. The number of hydrogen-bond donors (Lipinski definition) is 1. The lowest BCUT2D eigenvalue weighted by Gasteiger charge is -2.26. The Kier molecular flexibility index (Phi) is 4.01. The number of piperidine rings is 1. The predicted molar refractivity (Wildman–Crippen MR) is 68.7 cm³/mol. The summed E-state index contributed by atoms with van der Waals surface area (Å²) in [5.74, 6) is -0.0846. The average molecular weight is 251 g/mol. The second-order valence-electron chi connectivity index (χ2n) is 5.19. The minimum atomic E-state index is -0.950. The summed E-state index contributed by atoms with van der Waals surface area (Å²) in [4.78, 5) is 17.6. The molecule has 18 heavy (non-hydrogen) atoms. The molecule has 0 radical (unpaired) electrons. The van der Waals surface area contributed by atoms with Crippen molar-refractivity contribution in [3.05, 3.63) is 17.7 Å². The zero-order chi connectivity index (χ0) is 13.1. The molecule has 0 aromatic carbocycles. The van der Waals surface area contributed by atoms with Crippen LogP contribution in [0.5, 0.6) is 0 Å². The van der Waals surface area contributed by atoms with E-state index in [1.807, 2.05) is 18.4 Å². The van der Waals surface area contributed by atoms with Gasteiger partial charge in [-0.2, -0.15) is 0 Å². The van der Waals surface area contributed by atoms with Crippen molar-refractivity contribution in [1.82, 2.24) is 14.5 Å². The van der Waals surface area contributed by atoms with Crippen molar-refractivity contribution >= 4 is 5.97 Å². The fraction of sp³-hybridized carbons (Fsp3) is 0.692. The number of carboxylic acid groups (broad SMARTS) is 1. The Morgan fingerprint density at radius 1 is 1.39 bits per heavy atom. The lowest BCUT2D eigenvalue weighted by molar-refractivity contribution is 0.0690. The van der Waals surface area contributed by atoms with Crippen LogP contribution in [0.15, 0.2) is 6.20 Å². The smallest absolute Gasteiger partial charge is 0.356 e. The van der Waals surface area contributed by atoms with Gasteiger partial charge in [0.15, 0.2) is 5.69 Å². The molecule has 0 aliphatic carbocycles. The second-order valence-corrected chi connectivity index (χ2v) is 5.19. The van der Waals surface area contributed by atoms with Crippen molar-refractivity contribution in [2.75, 3.05) is 13.1 Å². The molecule has 0 saturated carbocycles. The largest absolute Gasteiger partial charge is 0.476 e. The summed E-state index contributed by atoms with van der Waals surface area (Å²) in [5, 5.41) is 9.02. The van der Waals surface area contributed by atoms with E-state index in [1.165, 1.54) is 19.3 Å². The Hall–Kier alpha value is -1.36. The molecule has 1 saturated heterocycles. The average Bonchev–Trinajstić information content (AvgIpc) is 2.74. The molecule has 1 N–H and O–H groups in total. The van der Waals surface area contributed by atoms with E-state index in [4.69, 9.17) is 5.11 Å². The number of nitrogens with zero attached hydrogens (tertiary/aromatic N) is 3. The molecule has 2 rings (SSSR count). The lowest BCUT2D eigenvalue weighted by atomic mass is 10.1. The first-order valence-electron chi connectivity index (χ1n) is 6.61. The van der Waals surface area contributed by atoms with Crippen LogP contribution in [0.1, 0.15) is 55.5 Å². The molecule has 1 aliphatic heterocycles. The molecule has 1 aromatic rings. The van der Waals surface area contributed by atoms with E-state index in [1.54, 1.807) is 6.20 Å². The summed E-state index contributed by atoms with van der Waals surface area (Å²) in [7, 11) is 0. The molecule has 1 aliphatic rings. The molecule has 100 valence electrons. The van der Waals surface area contributed by atoms with Gasteiger partial charge in [-0.05, 0) is 39.8 Å². The van der Waals surface area contributed by atoms with E-state index < -0.39 is 5.97 Å². The molecule has 5 nitrogen and oxygen atoms in total. The van der Waals surface area contributed by atoms with Crippen LogP contribution >= 0.6 is 0 Å². The molecule has 0 spiro atoms. The minimum absolute atomic E-state index is 0.149. The third-order valence-electron chi connectivity index (χ3n) is 3.40. The number of imidazole rings is 1. The third kappa shape index (κ3) is 2.90. The van der Waals surface area contributed by atoms with Crippen LogP contribution in [0, 0.1) is 0 Å². The fourth-order valence-corrected chi connectivity index (χ4v) is 2.42. The second kappa shape index (κ2) is 5.52. The van der Waals surface area contributed by atoms with Crippen molar-refractivity contribution in [2.45, 2.75) is 45.7 Å². The number of hydrogen-bond acceptors (Lipinski definition) is 3. The predicted octanol–water partition coefficient (Wildman–Crippen LogP) is 2.15. The molecule has 0 bridgehead atoms. The first kappa shape index (κ1) is 13.1. The standard InChI is InChI=1S/C13H21N3O2/c1-10(2)16-8-11(13(17)18)14-12(16)9-15-6-4-3-5-7-15/h8,10H,3-7,9H2,1-2H3,(H,17,18). The maximum absolute atomic E-state index is 11.0. The van der Waals surface area contributed by atoms with Crippen LogP contribution in [0.25, 0.3) is 0 Å². The molecule has 5 heteroatoms. The zero-order valence-electron chi connectivity index (χ0n) is 11.1. The summed E-state index contributed by atoms with van der Waals surface area (Å²) in [6.07, 6.45) is 5.41. The third-order valence-corrected chi connectivity index (χ3v) is 3.40. The first-order valence-corrected chi connectivity index (χ1v) is 6.61. The minimum Gasteiger partial charge on any atom is -0.476 e. The maximum atomic E-state index is 11.0. The van der Waals surface area contributed by atoms with E-state index in [-0.39, 0.29) is 11.7 Å². The number of likely N-dealkylation sites (tertiary alicyclic amines) is 1. The molecule has 1 fully saturated rings. The summed E-state index contributed by atoms with van der Waals surface area (Å²) in [6.45, 7) is 7.03. The summed E-state index contributed by atoms with van der Waals surface area (Å²) in [6, 6.07) is 0.241. The van der Waals surface area contributed by atoms with Crippen LogP contribution in [-0.4, -0.2) is 38.6 Å². The summed E-state index contributed by atoms with van der Waals surface area (Å²) < 4.78 is 1.97. The van der Waals surface area contributed by atoms with E-state index in [0.717, 1.165) is 25.5 Å². The van der Waals surface area contributed by atoms with E-state index in [0.29, 0.717) is 0 Å². The number of rotatable bonds is 4. The fourth-order valence-electron chi connectivity index (χ4n) is 2.42.